The van der Waals surface area contributed by atoms with Crippen LogP contribution in [-0.4, -0.2) is 30.1 Å². The Morgan fingerprint density at radius 3 is 2.42 bits per heavy atom. The van der Waals surface area contributed by atoms with E-state index in [0.29, 0.717) is 23.5 Å². The minimum Gasteiger partial charge on any atom is -0.494 e. The Kier molecular flexibility index (Phi) is 6.25. The van der Waals surface area contributed by atoms with Gasteiger partial charge in [0.2, 0.25) is 5.91 Å². The van der Waals surface area contributed by atoms with Crippen LogP contribution in [0.1, 0.15) is 18.1 Å². The van der Waals surface area contributed by atoms with Crippen LogP contribution in [0.5, 0.6) is 5.75 Å². The Labute approximate surface area is 142 Å². The summed E-state index contributed by atoms with van der Waals surface area (Å²) in [5, 5.41) is 3.52. The van der Waals surface area contributed by atoms with E-state index >= 15 is 0 Å². The first-order valence-corrected chi connectivity index (χ1v) is 8.39. The Hall–Kier alpha value is -2.02. The number of benzene rings is 1. The van der Waals surface area contributed by atoms with Gasteiger partial charge in [-0.15, -0.1) is 0 Å². The molecule has 1 heterocycles. The molecule has 7 heteroatoms. The van der Waals surface area contributed by atoms with E-state index in [2.05, 4.69) is 0 Å². The van der Waals surface area contributed by atoms with E-state index in [0.717, 1.165) is 4.90 Å². The summed E-state index contributed by atoms with van der Waals surface area (Å²) in [5.41, 5.74) is 1.35. The number of rotatable bonds is 7. The minimum absolute atomic E-state index is 0.0428. The highest BCUT2D eigenvalue weighted by atomic mass is 32.1. The molecular formula is C17H18F3NO2S. The highest BCUT2D eigenvalue weighted by Crippen LogP contribution is 2.20. The Bertz CT molecular complexity index is 639. The molecule has 0 unspecified atom stereocenters. The lowest BCUT2D eigenvalue weighted by Gasteiger charge is -2.23. The van der Waals surface area contributed by atoms with Gasteiger partial charge in [-0.2, -0.15) is 24.5 Å². The van der Waals surface area contributed by atoms with Gasteiger partial charge in [-0.1, -0.05) is 12.1 Å². The van der Waals surface area contributed by atoms with Gasteiger partial charge in [-0.05, 0) is 47.0 Å². The van der Waals surface area contributed by atoms with Gasteiger partial charge in [0, 0.05) is 6.54 Å². The molecule has 1 aromatic heterocycles. The number of carbonyl (C=O) groups is 1. The molecule has 0 N–H and O–H groups in total. The molecule has 0 fully saturated rings. The molecule has 130 valence electrons. The van der Waals surface area contributed by atoms with Gasteiger partial charge in [-0.25, -0.2) is 0 Å². The molecule has 1 amide bonds. The fourth-order valence-corrected chi connectivity index (χ4v) is 2.87. The average Bonchev–Trinajstić information content (AvgIpc) is 3.00. The number of ether oxygens (including phenoxy) is 1. The van der Waals surface area contributed by atoms with Crippen LogP contribution in [0.2, 0.25) is 0 Å². The standard InChI is InChI=1S/C17H18F3NO2S/c1-2-23-15-5-3-13(4-6-15)9-16(22)21(12-17(18,19)20)10-14-7-8-24-11-14/h3-8,11H,2,9-10,12H2,1H3. The van der Waals surface area contributed by atoms with Crippen molar-refractivity contribution in [3.05, 3.63) is 52.2 Å². The number of amides is 1. The maximum atomic E-state index is 12.8. The first-order chi connectivity index (χ1) is 11.4. The van der Waals surface area contributed by atoms with Crippen molar-refractivity contribution in [3.63, 3.8) is 0 Å². The molecule has 0 saturated carbocycles. The minimum atomic E-state index is -4.43. The highest BCUT2D eigenvalue weighted by molar-refractivity contribution is 7.07. The van der Waals surface area contributed by atoms with E-state index in [1.807, 2.05) is 6.92 Å². The van der Waals surface area contributed by atoms with Gasteiger partial charge in [-0.3, -0.25) is 4.79 Å². The number of hydrogen-bond donors (Lipinski definition) is 0. The molecule has 0 aliphatic rings. The normalized spacial score (nSPS) is 11.3. The number of hydrogen-bond acceptors (Lipinski definition) is 3. The van der Waals surface area contributed by atoms with Crippen LogP contribution in [0.4, 0.5) is 13.2 Å². The molecule has 0 bridgehead atoms. The second kappa shape index (κ2) is 8.19. The van der Waals surface area contributed by atoms with Crippen LogP contribution in [0.3, 0.4) is 0 Å². The van der Waals surface area contributed by atoms with Crippen LogP contribution in [0, 0.1) is 0 Å². The molecule has 2 aromatic rings. The predicted octanol–water partition coefficient (Wildman–Crippen LogP) is 4.28. The van der Waals surface area contributed by atoms with E-state index in [1.165, 1.54) is 11.3 Å². The van der Waals surface area contributed by atoms with E-state index in [1.54, 1.807) is 41.1 Å². The molecule has 24 heavy (non-hydrogen) atoms. The molecule has 0 spiro atoms. The van der Waals surface area contributed by atoms with Crippen molar-refractivity contribution >= 4 is 17.2 Å². The summed E-state index contributed by atoms with van der Waals surface area (Å²) >= 11 is 1.39. The maximum Gasteiger partial charge on any atom is 0.406 e. The third-order valence-corrected chi connectivity index (χ3v) is 4.00. The van der Waals surface area contributed by atoms with E-state index in [4.69, 9.17) is 4.74 Å². The molecular weight excluding hydrogens is 339 g/mol. The fourth-order valence-electron chi connectivity index (χ4n) is 2.21. The summed E-state index contributed by atoms with van der Waals surface area (Å²) in [6.07, 6.45) is -4.50. The quantitative estimate of drug-likeness (QED) is 0.740. The van der Waals surface area contributed by atoms with E-state index in [-0.39, 0.29) is 13.0 Å². The third kappa shape index (κ3) is 5.88. The van der Waals surface area contributed by atoms with Crippen molar-refractivity contribution in [1.82, 2.24) is 4.90 Å². The van der Waals surface area contributed by atoms with Gasteiger partial charge in [0.25, 0.3) is 0 Å². The first-order valence-electron chi connectivity index (χ1n) is 7.44. The monoisotopic (exact) mass is 357 g/mol. The number of thiophene rings is 1. The third-order valence-electron chi connectivity index (χ3n) is 3.27. The summed E-state index contributed by atoms with van der Waals surface area (Å²) in [7, 11) is 0. The summed E-state index contributed by atoms with van der Waals surface area (Å²) < 4.78 is 43.6. The predicted molar refractivity (Wildman–Crippen MR) is 87.1 cm³/mol. The van der Waals surface area contributed by atoms with Crippen LogP contribution in [0.25, 0.3) is 0 Å². The average molecular weight is 357 g/mol. The fraction of sp³-hybridized carbons (Fsp3) is 0.353. The van der Waals surface area contributed by atoms with Crippen molar-refractivity contribution in [2.24, 2.45) is 0 Å². The maximum absolute atomic E-state index is 12.8. The van der Waals surface area contributed by atoms with Crippen LogP contribution in [0.15, 0.2) is 41.1 Å². The van der Waals surface area contributed by atoms with Crippen LogP contribution >= 0.6 is 11.3 Å². The lowest BCUT2D eigenvalue weighted by molar-refractivity contribution is -0.162. The van der Waals surface area contributed by atoms with Crippen LogP contribution in [-0.2, 0) is 17.8 Å². The Balaban J connectivity index is 2.05. The Morgan fingerprint density at radius 2 is 1.88 bits per heavy atom. The van der Waals surface area contributed by atoms with Crippen molar-refractivity contribution in [1.29, 1.82) is 0 Å². The van der Waals surface area contributed by atoms with Crippen molar-refractivity contribution in [2.75, 3.05) is 13.2 Å². The molecule has 0 radical (unpaired) electrons. The van der Waals surface area contributed by atoms with Crippen LogP contribution < -0.4 is 4.74 Å². The highest BCUT2D eigenvalue weighted by Gasteiger charge is 2.33. The lowest BCUT2D eigenvalue weighted by atomic mass is 10.1. The molecule has 1 aromatic carbocycles. The van der Waals surface area contributed by atoms with Gasteiger partial charge < -0.3 is 9.64 Å². The topological polar surface area (TPSA) is 29.5 Å². The number of carbonyl (C=O) groups excluding carboxylic acids is 1. The van der Waals surface area contributed by atoms with Gasteiger partial charge in [0.05, 0.1) is 13.0 Å². The van der Waals surface area contributed by atoms with Crippen molar-refractivity contribution < 1.29 is 22.7 Å². The number of nitrogens with zero attached hydrogens (tertiary/aromatic N) is 1. The molecule has 3 nitrogen and oxygen atoms in total. The van der Waals surface area contributed by atoms with Crippen molar-refractivity contribution in [2.45, 2.75) is 26.1 Å². The van der Waals surface area contributed by atoms with E-state index in [9.17, 15) is 18.0 Å². The molecule has 2 rings (SSSR count). The lowest BCUT2D eigenvalue weighted by Crippen LogP contribution is -2.39. The van der Waals surface area contributed by atoms with Gasteiger partial charge >= 0.3 is 6.18 Å². The zero-order valence-electron chi connectivity index (χ0n) is 13.2. The number of halogens is 3. The summed E-state index contributed by atoms with van der Waals surface area (Å²) in [6, 6.07) is 8.52. The summed E-state index contributed by atoms with van der Waals surface area (Å²) in [5.74, 6) is 0.113. The van der Waals surface area contributed by atoms with Crippen molar-refractivity contribution in [3.8, 4) is 5.75 Å². The molecule has 0 aliphatic carbocycles. The van der Waals surface area contributed by atoms with Gasteiger partial charge in [0.15, 0.2) is 0 Å². The number of alkyl halides is 3. The molecule has 0 saturated heterocycles. The summed E-state index contributed by atoms with van der Waals surface area (Å²) in [4.78, 5) is 13.2. The second-order valence-corrected chi connectivity index (χ2v) is 6.03. The molecule has 0 aliphatic heterocycles. The Morgan fingerprint density at radius 1 is 1.17 bits per heavy atom. The van der Waals surface area contributed by atoms with E-state index < -0.39 is 18.6 Å². The summed E-state index contributed by atoms with van der Waals surface area (Å²) in [6.45, 7) is 1.09. The largest absolute Gasteiger partial charge is 0.494 e. The zero-order valence-corrected chi connectivity index (χ0v) is 14.0. The zero-order chi connectivity index (χ0) is 17.6. The smallest absolute Gasteiger partial charge is 0.406 e. The van der Waals surface area contributed by atoms with Gasteiger partial charge in [0.1, 0.15) is 12.3 Å². The first kappa shape index (κ1) is 18.3. The molecule has 0 atom stereocenters. The SMILES string of the molecule is CCOc1ccc(CC(=O)N(Cc2ccsc2)CC(F)(F)F)cc1. The second-order valence-electron chi connectivity index (χ2n) is 5.25.